The Labute approximate surface area is 109 Å². The van der Waals surface area contributed by atoms with Crippen LogP contribution < -0.4 is 0 Å². The van der Waals surface area contributed by atoms with Crippen LogP contribution in [0.5, 0.6) is 0 Å². The largest absolute Gasteiger partial charge is 0.445 e. The van der Waals surface area contributed by atoms with Gasteiger partial charge in [0.2, 0.25) is 5.01 Å². The number of halogens is 3. The van der Waals surface area contributed by atoms with Crippen LogP contribution in [-0.2, 0) is 6.18 Å². The minimum absolute atomic E-state index is 0.0339. The van der Waals surface area contributed by atoms with Gasteiger partial charge in [-0.15, -0.1) is 10.2 Å². The molecule has 0 saturated carbocycles. The van der Waals surface area contributed by atoms with Crippen molar-refractivity contribution in [1.82, 2.24) is 15.2 Å². The monoisotopic (exact) mass is 314 g/mol. The van der Waals surface area contributed by atoms with E-state index in [1.54, 1.807) is 0 Å². The fourth-order valence-corrected chi connectivity index (χ4v) is 3.53. The molecule has 0 atom stereocenters. The molecule has 0 aliphatic rings. The van der Waals surface area contributed by atoms with Crippen LogP contribution >= 0.6 is 34.4 Å². The second-order valence-electron chi connectivity index (χ2n) is 2.69. The molecule has 2 aromatic rings. The molecule has 12 heteroatoms. The quantitative estimate of drug-likeness (QED) is 0.639. The number of alkyl halides is 3. The average molecular weight is 314 g/mol. The van der Waals surface area contributed by atoms with Crippen molar-refractivity contribution in [2.24, 2.45) is 0 Å². The van der Waals surface area contributed by atoms with Crippen LogP contribution in [0.4, 0.5) is 18.2 Å². The summed E-state index contributed by atoms with van der Waals surface area (Å²) in [4.78, 5) is 13.5. The Morgan fingerprint density at radius 3 is 2.50 bits per heavy atom. The number of hydrogen-bond acceptors (Lipinski definition) is 8. The highest BCUT2D eigenvalue weighted by molar-refractivity contribution is 8.02. The van der Waals surface area contributed by atoms with Gasteiger partial charge in [-0.2, -0.15) is 13.2 Å². The highest BCUT2D eigenvalue weighted by atomic mass is 32.2. The van der Waals surface area contributed by atoms with Gasteiger partial charge < -0.3 is 0 Å². The van der Waals surface area contributed by atoms with Crippen molar-refractivity contribution in [2.75, 3.05) is 0 Å². The van der Waals surface area contributed by atoms with E-state index in [-0.39, 0.29) is 13.7 Å². The highest BCUT2D eigenvalue weighted by Crippen LogP contribution is 2.39. The summed E-state index contributed by atoms with van der Waals surface area (Å²) in [5, 5.41) is 15.5. The fraction of sp³-hybridized carbons (Fsp3) is 0.167. The third-order valence-corrected chi connectivity index (χ3v) is 4.52. The van der Waals surface area contributed by atoms with Gasteiger partial charge in [-0.25, -0.2) is 4.98 Å². The van der Waals surface area contributed by atoms with E-state index in [1.165, 1.54) is 0 Å². The molecule has 0 unspecified atom stereocenters. The molecule has 0 fully saturated rings. The molecule has 0 saturated heterocycles. The summed E-state index contributed by atoms with van der Waals surface area (Å²) >= 11 is 1.94. The smallest absolute Gasteiger partial charge is 0.257 e. The summed E-state index contributed by atoms with van der Waals surface area (Å²) in [6, 6.07) is 0. The van der Waals surface area contributed by atoms with E-state index in [4.69, 9.17) is 0 Å². The lowest BCUT2D eigenvalue weighted by Crippen LogP contribution is -2.03. The highest BCUT2D eigenvalue weighted by Gasteiger charge is 2.35. The predicted octanol–water partition coefficient (Wildman–Crippen LogP) is 3.07. The summed E-state index contributed by atoms with van der Waals surface area (Å²) in [6.45, 7) is 0. The normalized spacial score (nSPS) is 11.7. The Morgan fingerprint density at radius 2 is 2.00 bits per heavy atom. The Kier molecular flexibility index (Phi) is 3.49. The van der Waals surface area contributed by atoms with Crippen LogP contribution in [0, 0.1) is 10.1 Å². The standard InChI is InChI=1S/C6HF3N4O2S3/c7-6(8,9)3-11-12-5(17-3)18-4-10-1-2(16-4)13(14)15/h1H. The first-order valence-electron chi connectivity index (χ1n) is 4.05. The second-order valence-corrected chi connectivity index (χ2v) is 6.18. The zero-order chi connectivity index (χ0) is 13.3. The van der Waals surface area contributed by atoms with Crippen LogP contribution in [0.25, 0.3) is 0 Å². The van der Waals surface area contributed by atoms with Crippen LogP contribution in [0.2, 0.25) is 0 Å². The molecule has 0 radical (unpaired) electrons. The number of rotatable bonds is 3. The maximum Gasteiger partial charge on any atom is 0.445 e. The van der Waals surface area contributed by atoms with E-state index < -0.39 is 16.1 Å². The average Bonchev–Trinajstić information content (AvgIpc) is 2.85. The van der Waals surface area contributed by atoms with Crippen molar-refractivity contribution in [2.45, 2.75) is 14.9 Å². The summed E-state index contributed by atoms with van der Waals surface area (Å²) in [7, 11) is 0. The SMILES string of the molecule is O=[N+]([O-])c1cnc(Sc2nnc(C(F)(F)F)s2)s1. The topological polar surface area (TPSA) is 81.8 Å². The minimum Gasteiger partial charge on any atom is -0.257 e. The van der Waals surface area contributed by atoms with Crippen LogP contribution in [0.1, 0.15) is 5.01 Å². The van der Waals surface area contributed by atoms with Gasteiger partial charge in [0.1, 0.15) is 6.20 Å². The van der Waals surface area contributed by atoms with Crippen molar-refractivity contribution in [3.63, 3.8) is 0 Å². The van der Waals surface area contributed by atoms with Gasteiger partial charge in [-0.1, -0.05) is 11.3 Å². The lowest BCUT2D eigenvalue weighted by atomic mass is 10.7. The Balaban J connectivity index is 2.14. The minimum atomic E-state index is -4.54. The van der Waals surface area contributed by atoms with Crippen LogP contribution in [0.3, 0.4) is 0 Å². The van der Waals surface area contributed by atoms with Gasteiger partial charge in [0.05, 0.1) is 4.92 Å². The third kappa shape index (κ3) is 2.94. The molecule has 0 N–H and O–H groups in total. The molecule has 0 bridgehead atoms. The first kappa shape index (κ1) is 13.2. The van der Waals surface area contributed by atoms with E-state index in [0.29, 0.717) is 11.3 Å². The van der Waals surface area contributed by atoms with Crippen molar-refractivity contribution in [1.29, 1.82) is 0 Å². The van der Waals surface area contributed by atoms with E-state index in [0.717, 1.165) is 29.3 Å². The fourth-order valence-electron chi connectivity index (χ4n) is 0.822. The molecule has 0 aliphatic heterocycles. The van der Waals surface area contributed by atoms with Crippen LogP contribution in [0.15, 0.2) is 14.9 Å². The van der Waals surface area contributed by atoms with Gasteiger partial charge in [0.25, 0.3) is 0 Å². The van der Waals surface area contributed by atoms with Crippen molar-refractivity contribution in [3.8, 4) is 0 Å². The lowest BCUT2D eigenvalue weighted by molar-refractivity contribution is -0.380. The van der Waals surface area contributed by atoms with E-state index >= 15 is 0 Å². The molecule has 2 rings (SSSR count). The van der Waals surface area contributed by atoms with Gasteiger partial charge >= 0.3 is 11.2 Å². The Morgan fingerprint density at radius 1 is 1.28 bits per heavy atom. The summed E-state index contributed by atoms with van der Waals surface area (Å²) in [5.74, 6) is 0. The van der Waals surface area contributed by atoms with E-state index in [2.05, 4.69) is 15.2 Å². The zero-order valence-corrected chi connectivity index (χ0v) is 10.5. The molecule has 0 amide bonds. The number of nitro groups is 1. The third-order valence-electron chi connectivity index (χ3n) is 1.48. The molecule has 96 valence electrons. The van der Waals surface area contributed by atoms with Gasteiger partial charge in [-0.3, -0.25) is 10.1 Å². The molecule has 0 aromatic carbocycles. The number of hydrogen-bond donors (Lipinski definition) is 0. The molecule has 18 heavy (non-hydrogen) atoms. The van der Waals surface area contributed by atoms with Crippen LogP contribution in [-0.4, -0.2) is 20.1 Å². The van der Waals surface area contributed by atoms with Gasteiger partial charge in [0.15, 0.2) is 8.68 Å². The van der Waals surface area contributed by atoms with Crippen molar-refractivity contribution in [3.05, 3.63) is 21.3 Å². The van der Waals surface area contributed by atoms with E-state index in [9.17, 15) is 23.3 Å². The Bertz CT molecular complexity index is 581. The van der Waals surface area contributed by atoms with Crippen molar-refractivity contribution >= 4 is 39.4 Å². The molecular formula is C6HF3N4O2S3. The first-order valence-corrected chi connectivity index (χ1v) is 6.50. The molecule has 0 spiro atoms. The second kappa shape index (κ2) is 4.78. The first-order chi connectivity index (χ1) is 8.36. The molecule has 0 aliphatic carbocycles. The summed E-state index contributed by atoms with van der Waals surface area (Å²) in [5.41, 5.74) is 0. The maximum absolute atomic E-state index is 12.2. The summed E-state index contributed by atoms with van der Waals surface area (Å²) in [6.07, 6.45) is -3.50. The van der Waals surface area contributed by atoms with Gasteiger partial charge in [-0.05, 0) is 23.1 Å². The number of thiazole rings is 1. The van der Waals surface area contributed by atoms with E-state index in [1.807, 2.05) is 0 Å². The van der Waals surface area contributed by atoms with Gasteiger partial charge in [0, 0.05) is 0 Å². The summed E-state index contributed by atoms with van der Waals surface area (Å²) < 4.78 is 37.0. The zero-order valence-electron chi connectivity index (χ0n) is 8.04. The molecular weight excluding hydrogens is 313 g/mol. The Hall–Kier alpha value is -1.27. The molecule has 2 aromatic heterocycles. The predicted molar refractivity (Wildman–Crippen MR) is 57.8 cm³/mol. The number of aromatic nitrogens is 3. The van der Waals surface area contributed by atoms with Crippen molar-refractivity contribution < 1.29 is 18.1 Å². The lowest BCUT2D eigenvalue weighted by Gasteiger charge is -1.97. The maximum atomic E-state index is 12.2. The number of nitrogens with zero attached hydrogens (tertiary/aromatic N) is 4. The molecule has 6 nitrogen and oxygen atoms in total. The molecule has 2 heterocycles.